The van der Waals surface area contributed by atoms with E-state index in [0.717, 1.165) is 37.4 Å². The van der Waals surface area contributed by atoms with Crippen LogP contribution >= 0.6 is 11.6 Å². The first kappa shape index (κ1) is 13.6. The van der Waals surface area contributed by atoms with E-state index in [1.54, 1.807) is 0 Å². The molecule has 0 aromatic carbocycles. The number of hydrogen-bond donors (Lipinski definition) is 0. The molecule has 1 atom stereocenters. The lowest BCUT2D eigenvalue weighted by Gasteiger charge is -2.39. The molecule has 6 heteroatoms. The van der Waals surface area contributed by atoms with Gasteiger partial charge >= 0.3 is 0 Å². The predicted molar refractivity (Wildman–Crippen MR) is 78.1 cm³/mol. The maximum absolute atomic E-state index is 11.7. The molecular weight excluding hydrogens is 276 g/mol. The summed E-state index contributed by atoms with van der Waals surface area (Å²) in [5.41, 5.74) is 1.01. The van der Waals surface area contributed by atoms with E-state index < -0.39 is 0 Å². The highest BCUT2D eigenvalue weighted by molar-refractivity contribution is 6.30. The summed E-state index contributed by atoms with van der Waals surface area (Å²) in [5.74, 6) is 1.50. The van der Waals surface area contributed by atoms with Crippen LogP contribution in [0.1, 0.15) is 38.2 Å². The molecule has 0 aliphatic carbocycles. The van der Waals surface area contributed by atoms with Gasteiger partial charge in [0, 0.05) is 37.7 Å². The van der Waals surface area contributed by atoms with E-state index in [9.17, 15) is 4.79 Å². The average Bonchev–Trinajstić information content (AvgIpc) is 2.79. The van der Waals surface area contributed by atoms with Crippen molar-refractivity contribution in [3.63, 3.8) is 0 Å². The Bertz CT molecular complexity index is 534. The molecular formula is C14H19ClN4O. The highest BCUT2D eigenvalue weighted by Crippen LogP contribution is 2.33. The number of carbonyl (C=O) groups is 1. The van der Waals surface area contributed by atoms with Gasteiger partial charge in [0.2, 0.25) is 5.91 Å². The minimum atomic E-state index is 0.280. The number of hydrogen-bond acceptors (Lipinski definition) is 4. The lowest BCUT2D eigenvalue weighted by atomic mass is 10.0. The highest BCUT2D eigenvalue weighted by atomic mass is 35.5. The van der Waals surface area contributed by atoms with E-state index in [2.05, 4.69) is 28.7 Å². The first-order valence-corrected chi connectivity index (χ1v) is 7.50. The van der Waals surface area contributed by atoms with Gasteiger partial charge in [-0.05, 0) is 12.3 Å². The minimum Gasteiger partial charge on any atom is -0.352 e. The van der Waals surface area contributed by atoms with Crippen LogP contribution in [0.2, 0.25) is 5.15 Å². The van der Waals surface area contributed by atoms with Gasteiger partial charge in [-0.25, -0.2) is 9.97 Å². The van der Waals surface area contributed by atoms with Gasteiger partial charge in [0.1, 0.15) is 17.3 Å². The number of anilines is 1. The molecule has 0 radical (unpaired) electrons. The van der Waals surface area contributed by atoms with E-state index in [4.69, 9.17) is 11.6 Å². The summed E-state index contributed by atoms with van der Waals surface area (Å²) >= 11 is 6.24. The third-order valence-electron chi connectivity index (χ3n) is 4.19. The fourth-order valence-corrected chi connectivity index (χ4v) is 3.52. The average molecular weight is 295 g/mol. The van der Waals surface area contributed by atoms with Crippen molar-refractivity contribution in [3.8, 4) is 0 Å². The Morgan fingerprint density at radius 2 is 2.15 bits per heavy atom. The van der Waals surface area contributed by atoms with Gasteiger partial charge in [-0.15, -0.1) is 0 Å². The van der Waals surface area contributed by atoms with Crippen LogP contribution in [0, 0.1) is 0 Å². The minimum absolute atomic E-state index is 0.280. The van der Waals surface area contributed by atoms with Gasteiger partial charge in [0.05, 0.1) is 0 Å². The molecule has 2 fully saturated rings. The molecule has 1 unspecified atom stereocenters. The Morgan fingerprint density at radius 1 is 1.35 bits per heavy atom. The van der Waals surface area contributed by atoms with Crippen molar-refractivity contribution in [1.82, 2.24) is 14.9 Å². The second kappa shape index (κ2) is 5.20. The van der Waals surface area contributed by atoms with Crippen LogP contribution in [0.25, 0.3) is 0 Å². The maximum Gasteiger partial charge on any atom is 0.223 e. The molecule has 0 saturated carbocycles. The van der Waals surface area contributed by atoms with Crippen LogP contribution < -0.4 is 4.90 Å². The Morgan fingerprint density at radius 3 is 2.90 bits per heavy atom. The lowest BCUT2D eigenvalue weighted by molar-refractivity contribution is -0.129. The molecule has 0 spiro atoms. The molecule has 2 saturated heterocycles. The number of rotatable bonds is 2. The number of fused-ring (bicyclic) bond motifs is 1. The van der Waals surface area contributed by atoms with E-state index in [1.807, 2.05) is 4.90 Å². The smallest absolute Gasteiger partial charge is 0.223 e. The third-order valence-corrected chi connectivity index (χ3v) is 4.49. The van der Waals surface area contributed by atoms with Crippen molar-refractivity contribution in [2.75, 3.05) is 24.5 Å². The van der Waals surface area contributed by atoms with Crippen LogP contribution in [0.3, 0.4) is 0 Å². The van der Waals surface area contributed by atoms with Crippen molar-refractivity contribution in [2.24, 2.45) is 0 Å². The molecule has 5 nitrogen and oxygen atoms in total. The molecule has 3 rings (SSSR count). The van der Waals surface area contributed by atoms with Gasteiger partial charge in [-0.1, -0.05) is 25.4 Å². The predicted octanol–water partition coefficient (Wildman–Crippen LogP) is 2.06. The van der Waals surface area contributed by atoms with E-state index in [1.165, 1.54) is 6.33 Å². The molecule has 1 amide bonds. The van der Waals surface area contributed by atoms with Crippen molar-refractivity contribution >= 4 is 23.3 Å². The summed E-state index contributed by atoms with van der Waals surface area (Å²) < 4.78 is 0. The molecule has 1 aromatic rings. The van der Waals surface area contributed by atoms with Crippen molar-refractivity contribution in [1.29, 1.82) is 0 Å². The second-order valence-corrected chi connectivity index (χ2v) is 6.14. The summed E-state index contributed by atoms with van der Waals surface area (Å²) in [7, 11) is 0. The number of piperazine rings is 1. The van der Waals surface area contributed by atoms with Crippen LogP contribution in [-0.2, 0) is 4.79 Å². The quantitative estimate of drug-likeness (QED) is 0.784. The van der Waals surface area contributed by atoms with Crippen LogP contribution in [0.4, 0.5) is 5.82 Å². The summed E-state index contributed by atoms with van der Waals surface area (Å²) in [4.78, 5) is 24.5. The molecule has 0 N–H and O–H groups in total. The summed E-state index contributed by atoms with van der Waals surface area (Å²) in [6.45, 7) is 6.64. The molecule has 2 aliphatic rings. The second-order valence-electron chi connectivity index (χ2n) is 5.78. The summed E-state index contributed by atoms with van der Waals surface area (Å²) in [6, 6.07) is 0.324. The fourth-order valence-electron chi connectivity index (χ4n) is 3.17. The summed E-state index contributed by atoms with van der Waals surface area (Å²) in [6.07, 6.45) is 3.15. The fraction of sp³-hybridized carbons (Fsp3) is 0.643. The third kappa shape index (κ3) is 2.24. The zero-order valence-electron chi connectivity index (χ0n) is 11.8. The molecule has 2 aliphatic heterocycles. The maximum atomic E-state index is 11.7. The zero-order valence-corrected chi connectivity index (χ0v) is 12.6. The topological polar surface area (TPSA) is 49.3 Å². The Labute approximate surface area is 123 Å². The van der Waals surface area contributed by atoms with Crippen LogP contribution in [0.5, 0.6) is 0 Å². The van der Waals surface area contributed by atoms with Crippen molar-refractivity contribution in [2.45, 2.75) is 38.6 Å². The monoisotopic (exact) mass is 294 g/mol. The number of amides is 1. The van der Waals surface area contributed by atoms with Crippen molar-refractivity contribution < 1.29 is 4.79 Å². The van der Waals surface area contributed by atoms with E-state index >= 15 is 0 Å². The zero-order chi connectivity index (χ0) is 14.3. The summed E-state index contributed by atoms with van der Waals surface area (Å²) in [5, 5.41) is 0.537. The standard InChI is InChI=1S/C14H19ClN4O/c1-9(2)12-13(15)16-8-17-14(12)18-5-6-19-10(7-18)3-4-11(19)20/h8-10H,3-7H2,1-2H3. The lowest BCUT2D eigenvalue weighted by Crippen LogP contribution is -2.52. The van der Waals surface area contributed by atoms with Crippen LogP contribution in [-0.4, -0.2) is 46.5 Å². The van der Waals surface area contributed by atoms with Gasteiger partial charge in [0.25, 0.3) is 0 Å². The van der Waals surface area contributed by atoms with Gasteiger partial charge in [0.15, 0.2) is 0 Å². The Hall–Kier alpha value is -1.36. The van der Waals surface area contributed by atoms with Gasteiger partial charge < -0.3 is 9.80 Å². The number of halogens is 1. The molecule has 3 heterocycles. The van der Waals surface area contributed by atoms with Gasteiger partial charge in [-0.2, -0.15) is 0 Å². The Kier molecular flexibility index (Phi) is 3.54. The molecule has 108 valence electrons. The number of nitrogens with zero attached hydrogens (tertiary/aromatic N) is 4. The van der Waals surface area contributed by atoms with E-state index in [-0.39, 0.29) is 5.92 Å². The van der Waals surface area contributed by atoms with E-state index in [0.29, 0.717) is 23.5 Å². The van der Waals surface area contributed by atoms with Crippen LogP contribution in [0.15, 0.2) is 6.33 Å². The van der Waals surface area contributed by atoms with Crippen molar-refractivity contribution in [3.05, 3.63) is 17.0 Å². The SMILES string of the molecule is CC(C)c1c(Cl)ncnc1N1CCN2C(=O)CCC2C1. The molecule has 0 bridgehead atoms. The Balaban J connectivity index is 1.88. The number of carbonyl (C=O) groups excluding carboxylic acids is 1. The molecule has 1 aromatic heterocycles. The first-order chi connectivity index (χ1) is 9.58. The number of aromatic nitrogens is 2. The highest BCUT2D eigenvalue weighted by Gasteiger charge is 2.36. The first-order valence-electron chi connectivity index (χ1n) is 7.12. The largest absolute Gasteiger partial charge is 0.352 e. The van der Waals surface area contributed by atoms with Gasteiger partial charge in [-0.3, -0.25) is 4.79 Å². The molecule has 20 heavy (non-hydrogen) atoms. The normalized spacial score (nSPS) is 22.6.